The average molecular weight is 869 g/mol. The fourth-order valence-electron chi connectivity index (χ4n) is 3.20. The lowest BCUT2D eigenvalue weighted by atomic mass is 10.2. The number of rotatable bonds is 2. The Kier molecular flexibility index (Phi) is 15.6. The molecule has 17 heteroatoms. The molecule has 284 valence electrons. The van der Waals surface area contributed by atoms with Crippen molar-refractivity contribution in [2.75, 3.05) is 9.80 Å². The highest BCUT2D eigenvalue weighted by atomic mass is 79.9. The highest BCUT2D eigenvalue weighted by Crippen LogP contribution is 2.25. The molecule has 2 heterocycles. The number of amides is 4. The number of hydrogen-bond donors (Lipinski definition) is 0. The van der Waals surface area contributed by atoms with Crippen LogP contribution in [0.25, 0.3) is 0 Å². The molecular weight excluding hydrogens is 820 g/mol. The van der Waals surface area contributed by atoms with Gasteiger partial charge in [0.1, 0.15) is 39.7 Å². The molecule has 0 bridgehead atoms. The molecule has 0 aliphatic rings. The molecule has 0 saturated carbocycles. The van der Waals surface area contributed by atoms with Crippen LogP contribution in [-0.2, 0) is 18.9 Å². The monoisotopic (exact) mass is 866 g/mol. The van der Waals surface area contributed by atoms with Gasteiger partial charge in [-0.25, -0.2) is 39.1 Å². The van der Waals surface area contributed by atoms with E-state index in [-0.39, 0.29) is 23.0 Å². The van der Waals surface area contributed by atoms with Gasteiger partial charge in [0.05, 0.1) is 12.4 Å². The maximum atomic E-state index is 12.8. The Morgan fingerprint density at radius 3 is 1.17 bits per heavy atom. The van der Waals surface area contributed by atoms with E-state index < -0.39 is 54.9 Å². The lowest BCUT2D eigenvalue weighted by Gasteiger charge is -2.28. The van der Waals surface area contributed by atoms with Gasteiger partial charge < -0.3 is 18.9 Å². The van der Waals surface area contributed by atoms with Crippen molar-refractivity contribution < 1.29 is 38.1 Å². The maximum absolute atomic E-state index is 12.8. The largest absolute Gasteiger partial charge is 0.443 e. The lowest BCUT2D eigenvalue weighted by molar-refractivity contribution is 0.0406. The third-order valence-corrected chi connectivity index (χ3v) is 6.51. The summed E-state index contributed by atoms with van der Waals surface area (Å²) in [5.74, 6) is 5.09. The molecular formula is C35H48Br2N6O8Si. The zero-order valence-corrected chi connectivity index (χ0v) is 36.6. The van der Waals surface area contributed by atoms with E-state index in [2.05, 4.69) is 88.8 Å². The summed E-state index contributed by atoms with van der Waals surface area (Å²) < 4.78 is 22.1. The van der Waals surface area contributed by atoms with E-state index in [0.29, 0.717) is 14.1 Å². The molecule has 0 spiro atoms. The molecule has 2 rings (SSSR count). The minimum absolute atomic E-state index is 0.00101. The van der Waals surface area contributed by atoms with Crippen molar-refractivity contribution in [1.82, 2.24) is 19.9 Å². The number of imide groups is 2. The minimum atomic E-state index is -1.74. The van der Waals surface area contributed by atoms with E-state index in [4.69, 9.17) is 25.4 Å². The molecule has 0 aromatic carbocycles. The molecule has 0 aliphatic carbocycles. The molecule has 0 saturated heterocycles. The van der Waals surface area contributed by atoms with Crippen LogP contribution >= 0.6 is 31.9 Å². The molecule has 2 aromatic heterocycles. The summed E-state index contributed by atoms with van der Waals surface area (Å²) in [4.78, 5) is 68.6. The fraction of sp³-hybridized carbons (Fsp3) is 0.543. The van der Waals surface area contributed by atoms with Crippen LogP contribution < -0.4 is 9.80 Å². The summed E-state index contributed by atoms with van der Waals surface area (Å²) in [5, 5.41) is 0. The first-order chi connectivity index (χ1) is 23.3. The van der Waals surface area contributed by atoms with Crippen molar-refractivity contribution in [2.24, 2.45) is 0 Å². The fourth-order valence-corrected chi connectivity index (χ4v) is 4.26. The zero-order chi connectivity index (χ0) is 40.6. The van der Waals surface area contributed by atoms with Gasteiger partial charge in [-0.1, -0.05) is 25.6 Å². The zero-order valence-electron chi connectivity index (χ0n) is 32.4. The molecule has 0 N–H and O–H groups in total. The summed E-state index contributed by atoms with van der Waals surface area (Å²) in [6, 6.07) is 0. The van der Waals surface area contributed by atoms with Crippen molar-refractivity contribution in [2.45, 2.75) is 125 Å². The highest BCUT2D eigenvalue weighted by molar-refractivity contribution is 9.10. The quantitative estimate of drug-likeness (QED) is 0.160. The molecule has 14 nitrogen and oxygen atoms in total. The van der Waals surface area contributed by atoms with Gasteiger partial charge in [-0.3, -0.25) is 0 Å². The van der Waals surface area contributed by atoms with E-state index >= 15 is 0 Å². The van der Waals surface area contributed by atoms with Crippen molar-refractivity contribution in [3.05, 3.63) is 33.0 Å². The Hall–Kier alpha value is -4.06. The van der Waals surface area contributed by atoms with Crippen LogP contribution in [0.2, 0.25) is 19.6 Å². The number of aromatic nitrogens is 4. The third-order valence-electron chi connectivity index (χ3n) is 4.87. The summed E-state index contributed by atoms with van der Waals surface area (Å²) in [6.07, 6.45) is 4.39. The van der Waals surface area contributed by atoms with E-state index in [1.807, 2.05) is 0 Å². The molecule has 4 amide bonds. The van der Waals surface area contributed by atoms with Gasteiger partial charge in [-0.15, -0.1) is 12.0 Å². The highest BCUT2D eigenvalue weighted by Gasteiger charge is 2.37. The number of hydrogen-bond acceptors (Lipinski definition) is 12. The molecule has 0 fully saturated rings. The van der Waals surface area contributed by atoms with Crippen molar-refractivity contribution in [3.63, 3.8) is 0 Å². The van der Waals surface area contributed by atoms with Crippen molar-refractivity contribution >= 4 is 75.9 Å². The number of terminal acetylenes is 1. The van der Waals surface area contributed by atoms with E-state index in [9.17, 15) is 19.2 Å². The second kappa shape index (κ2) is 17.6. The van der Waals surface area contributed by atoms with Crippen LogP contribution in [0, 0.1) is 23.8 Å². The standard InChI is InChI=1S/C19H28BrN3O4Si.C16H20BrN3O4/c1-18(2,3)26-16(24)23(17(25)27-19(4,5)6)15-13(10-11-28(7,8)9)22-14(20)12-21-15;1-8-10-12(18-9-11(17)19-10)20(13(21)23-15(2,3)4)14(22)24-16(5,6)7/h12H,1-9H3;1,9H,2-7H3. The number of nitrogens with zero attached hydrogens (tertiary/aromatic N) is 6. The van der Waals surface area contributed by atoms with Gasteiger partial charge >= 0.3 is 24.4 Å². The van der Waals surface area contributed by atoms with Crippen LogP contribution in [0.4, 0.5) is 30.8 Å². The van der Waals surface area contributed by atoms with Gasteiger partial charge in [0.15, 0.2) is 23.0 Å². The molecule has 2 aromatic rings. The Balaban J connectivity index is 0.000000526. The Bertz CT molecular complexity index is 1700. The van der Waals surface area contributed by atoms with Gasteiger partial charge in [0, 0.05) is 0 Å². The summed E-state index contributed by atoms with van der Waals surface area (Å²) in [6.45, 7) is 26.5. The molecule has 0 aliphatic heterocycles. The van der Waals surface area contributed by atoms with Crippen molar-refractivity contribution in [1.29, 1.82) is 0 Å². The van der Waals surface area contributed by atoms with Gasteiger partial charge in [0.25, 0.3) is 0 Å². The lowest BCUT2D eigenvalue weighted by Crippen LogP contribution is -2.44. The smallest absolute Gasteiger partial charge is 0.425 e. The SMILES string of the molecule is C#Cc1nc(Br)cnc1N(C(=O)OC(C)(C)C)C(=O)OC(C)(C)C.CC(C)(C)OC(=O)N(C(=O)OC(C)(C)C)c1ncc(Br)nc1C#C[Si](C)(C)C. The molecule has 0 atom stereocenters. The molecule has 0 unspecified atom stereocenters. The number of carbonyl (C=O) groups excluding carboxylic acids is 4. The minimum Gasteiger partial charge on any atom is -0.443 e. The van der Waals surface area contributed by atoms with Gasteiger partial charge in [0.2, 0.25) is 0 Å². The van der Waals surface area contributed by atoms with Gasteiger partial charge in [-0.05, 0) is 121 Å². The van der Waals surface area contributed by atoms with E-state index in [1.54, 1.807) is 83.1 Å². The van der Waals surface area contributed by atoms with E-state index in [0.717, 1.165) is 4.90 Å². The van der Waals surface area contributed by atoms with Crippen LogP contribution in [0.5, 0.6) is 0 Å². The van der Waals surface area contributed by atoms with E-state index in [1.165, 1.54) is 12.4 Å². The predicted octanol–water partition coefficient (Wildman–Crippen LogP) is 9.04. The number of halogens is 2. The Morgan fingerprint density at radius 1 is 0.615 bits per heavy atom. The maximum Gasteiger partial charge on any atom is 0.425 e. The molecule has 0 radical (unpaired) electrons. The number of carbonyl (C=O) groups is 4. The second-order valence-corrected chi connectivity index (χ2v) is 22.3. The van der Waals surface area contributed by atoms with Crippen LogP contribution in [-0.4, -0.2) is 74.8 Å². The normalized spacial score (nSPS) is 11.7. The predicted molar refractivity (Wildman–Crippen MR) is 208 cm³/mol. The first kappa shape index (κ1) is 46.0. The van der Waals surface area contributed by atoms with Crippen LogP contribution in [0.3, 0.4) is 0 Å². The second-order valence-electron chi connectivity index (χ2n) is 16.0. The number of anilines is 2. The Labute approximate surface area is 324 Å². The number of ether oxygens (including phenoxy) is 4. The topological polar surface area (TPSA) is 163 Å². The van der Waals surface area contributed by atoms with Crippen LogP contribution in [0.1, 0.15) is 94.5 Å². The van der Waals surface area contributed by atoms with Crippen LogP contribution in [0.15, 0.2) is 21.6 Å². The average Bonchev–Trinajstić information content (AvgIpc) is 2.90. The van der Waals surface area contributed by atoms with Gasteiger partial charge in [-0.2, -0.15) is 9.80 Å². The molecule has 52 heavy (non-hydrogen) atoms. The summed E-state index contributed by atoms with van der Waals surface area (Å²) in [7, 11) is -1.74. The summed E-state index contributed by atoms with van der Waals surface area (Å²) in [5.41, 5.74) is 0.0828. The van der Waals surface area contributed by atoms with Crippen molar-refractivity contribution in [3.8, 4) is 23.8 Å². The first-order valence-electron chi connectivity index (χ1n) is 15.9. The summed E-state index contributed by atoms with van der Waals surface area (Å²) >= 11 is 6.39. The Morgan fingerprint density at radius 2 is 0.904 bits per heavy atom. The first-order valence-corrected chi connectivity index (χ1v) is 21.0. The third kappa shape index (κ3) is 17.0.